The molecule has 2 heterocycles. The van der Waals surface area contributed by atoms with Gasteiger partial charge >= 0.3 is 5.97 Å². The van der Waals surface area contributed by atoms with Crippen LogP contribution in [0.15, 0.2) is 17.1 Å². The van der Waals surface area contributed by atoms with Gasteiger partial charge in [0.05, 0.1) is 18.3 Å². The number of rotatable bonds is 1. The summed E-state index contributed by atoms with van der Waals surface area (Å²) in [5.41, 5.74) is 1.79. The molecule has 0 aromatic carbocycles. The van der Waals surface area contributed by atoms with Crippen molar-refractivity contribution in [2.75, 3.05) is 6.73 Å². The highest BCUT2D eigenvalue weighted by molar-refractivity contribution is 7.07. The van der Waals surface area contributed by atoms with E-state index >= 15 is 0 Å². The van der Waals surface area contributed by atoms with Crippen LogP contribution in [0.3, 0.4) is 0 Å². The van der Waals surface area contributed by atoms with Crippen molar-refractivity contribution in [1.82, 2.24) is 10.3 Å². The maximum atomic E-state index is 10.3. The minimum Gasteiger partial charge on any atom is -0.480 e. The van der Waals surface area contributed by atoms with Crippen molar-refractivity contribution in [3.05, 3.63) is 17.1 Å². The van der Waals surface area contributed by atoms with Gasteiger partial charge in [-0.05, 0) is 6.92 Å². The third kappa shape index (κ3) is 3.41. The summed E-state index contributed by atoms with van der Waals surface area (Å²) < 4.78 is 4.93. The quantitative estimate of drug-likeness (QED) is 0.717. The number of hydrogen-bond acceptors (Lipinski definition) is 5. The molecule has 0 radical (unpaired) electrons. The molecule has 0 spiro atoms. The molecule has 1 aromatic rings. The van der Waals surface area contributed by atoms with Crippen LogP contribution < -0.4 is 5.32 Å². The summed E-state index contributed by atoms with van der Waals surface area (Å²) in [4.78, 5) is 14.0. The number of nitrogens with zero attached hydrogens (tertiary/aromatic N) is 1. The zero-order chi connectivity index (χ0) is 10.4. The van der Waals surface area contributed by atoms with Crippen LogP contribution >= 0.6 is 11.3 Å². The van der Waals surface area contributed by atoms with Crippen molar-refractivity contribution in [3.63, 3.8) is 0 Å². The zero-order valence-corrected chi connectivity index (χ0v) is 8.53. The molecule has 6 heteroatoms. The van der Waals surface area contributed by atoms with E-state index in [-0.39, 0.29) is 6.10 Å². The van der Waals surface area contributed by atoms with Gasteiger partial charge in [-0.3, -0.25) is 15.1 Å². The molecule has 0 aliphatic carbocycles. The first kappa shape index (κ1) is 11.1. The van der Waals surface area contributed by atoms with Crippen LogP contribution in [0, 0.1) is 0 Å². The fraction of sp³-hybridized carbons (Fsp3) is 0.500. The number of carboxylic acids is 1. The zero-order valence-electron chi connectivity index (χ0n) is 7.71. The molecule has 2 rings (SSSR count). The Labute approximate surface area is 85.7 Å². The Morgan fingerprint density at radius 3 is 2.79 bits per heavy atom. The Balaban J connectivity index is 0.000000165. The number of thiazole rings is 1. The van der Waals surface area contributed by atoms with Crippen LogP contribution in [-0.2, 0) is 9.53 Å². The molecule has 0 saturated carbocycles. The molecule has 1 aliphatic heterocycles. The van der Waals surface area contributed by atoms with Gasteiger partial charge in [0, 0.05) is 11.6 Å². The fourth-order valence-corrected chi connectivity index (χ4v) is 1.35. The first-order valence-corrected chi connectivity index (χ1v) is 5.06. The van der Waals surface area contributed by atoms with Crippen molar-refractivity contribution in [1.29, 1.82) is 0 Å². The standard InChI is InChI=1S/C5H9NO3.C3H3NS/c1-3-4(5(7)8)6-2-9-3;1-2-5-3-4-1/h3-4,6H,2H2,1H3,(H,7,8);1-3H/t3-,4?;/m0./s1. The highest BCUT2D eigenvalue weighted by Gasteiger charge is 2.29. The second-order valence-electron chi connectivity index (χ2n) is 2.71. The molecule has 1 aromatic heterocycles. The molecule has 5 nitrogen and oxygen atoms in total. The summed E-state index contributed by atoms with van der Waals surface area (Å²) in [5.74, 6) is -0.847. The summed E-state index contributed by atoms with van der Waals surface area (Å²) >= 11 is 1.60. The fourth-order valence-electron chi connectivity index (χ4n) is 0.995. The highest BCUT2D eigenvalue weighted by Crippen LogP contribution is 2.04. The number of aliphatic carboxylic acids is 1. The first-order valence-electron chi connectivity index (χ1n) is 4.11. The van der Waals surface area contributed by atoms with Gasteiger partial charge < -0.3 is 9.84 Å². The molecule has 14 heavy (non-hydrogen) atoms. The topological polar surface area (TPSA) is 71.5 Å². The van der Waals surface area contributed by atoms with Gasteiger partial charge in [0.1, 0.15) is 6.04 Å². The Bertz CT molecular complexity index is 248. The first-order chi connectivity index (χ1) is 6.72. The van der Waals surface area contributed by atoms with E-state index in [0.29, 0.717) is 6.73 Å². The minimum atomic E-state index is -0.847. The molecule has 1 aliphatic rings. The molecule has 1 saturated heterocycles. The number of hydrogen-bond donors (Lipinski definition) is 2. The molecule has 2 atom stereocenters. The minimum absolute atomic E-state index is 0.206. The van der Waals surface area contributed by atoms with Gasteiger partial charge in [0.2, 0.25) is 0 Å². The molecule has 78 valence electrons. The average molecular weight is 216 g/mol. The van der Waals surface area contributed by atoms with Gasteiger partial charge in [-0.1, -0.05) is 0 Å². The summed E-state index contributed by atoms with van der Waals surface area (Å²) in [6, 6.07) is -0.523. The van der Waals surface area contributed by atoms with Crippen molar-refractivity contribution < 1.29 is 14.6 Å². The summed E-state index contributed by atoms with van der Waals surface area (Å²) in [5, 5.41) is 13.1. The molecular formula is C8H12N2O3S. The van der Waals surface area contributed by atoms with Gasteiger partial charge in [-0.2, -0.15) is 0 Å². The molecule has 0 amide bonds. The average Bonchev–Trinajstić information content (AvgIpc) is 2.74. The molecule has 0 bridgehead atoms. The Morgan fingerprint density at radius 2 is 2.57 bits per heavy atom. The Kier molecular flexibility index (Phi) is 4.51. The van der Waals surface area contributed by atoms with Crippen molar-refractivity contribution >= 4 is 17.3 Å². The maximum absolute atomic E-state index is 10.3. The van der Waals surface area contributed by atoms with Crippen LogP contribution in [0.5, 0.6) is 0 Å². The largest absolute Gasteiger partial charge is 0.480 e. The Morgan fingerprint density at radius 1 is 1.79 bits per heavy atom. The monoisotopic (exact) mass is 216 g/mol. The van der Waals surface area contributed by atoms with E-state index in [1.807, 2.05) is 5.38 Å². The van der Waals surface area contributed by atoms with Crippen molar-refractivity contribution in [2.24, 2.45) is 0 Å². The lowest BCUT2D eigenvalue weighted by Gasteiger charge is -2.06. The molecule has 2 N–H and O–H groups in total. The lowest BCUT2D eigenvalue weighted by Crippen LogP contribution is -2.36. The molecular weight excluding hydrogens is 204 g/mol. The van der Waals surface area contributed by atoms with E-state index in [0.717, 1.165) is 0 Å². The predicted octanol–water partition coefficient (Wildman–Crippen LogP) is 0.548. The van der Waals surface area contributed by atoms with E-state index < -0.39 is 12.0 Å². The van der Waals surface area contributed by atoms with E-state index in [1.165, 1.54) is 0 Å². The van der Waals surface area contributed by atoms with Crippen LogP contribution in [0.1, 0.15) is 6.92 Å². The van der Waals surface area contributed by atoms with Crippen LogP contribution in [0.25, 0.3) is 0 Å². The number of carbonyl (C=O) groups is 1. The smallest absolute Gasteiger partial charge is 0.323 e. The van der Waals surface area contributed by atoms with E-state index in [1.54, 1.807) is 30.0 Å². The van der Waals surface area contributed by atoms with Crippen LogP contribution in [-0.4, -0.2) is 34.9 Å². The van der Waals surface area contributed by atoms with Crippen molar-refractivity contribution in [2.45, 2.75) is 19.1 Å². The van der Waals surface area contributed by atoms with Gasteiger partial charge in [0.25, 0.3) is 0 Å². The normalized spacial score (nSPS) is 25.2. The predicted molar refractivity (Wildman–Crippen MR) is 52.1 cm³/mol. The number of aromatic nitrogens is 1. The molecule has 1 fully saturated rings. The maximum Gasteiger partial charge on any atom is 0.323 e. The second kappa shape index (κ2) is 5.69. The lowest BCUT2D eigenvalue weighted by atomic mass is 10.2. The summed E-state index contributed by atoms with van der Waals surface area (Å²) in [6.45, 7) is 2.08. The second-order valence-corrected chi connectivity index (χ2v) is 3.47. The van der Waals surface area contributed by atoms with E-state index in [2.05, 4.69) is 10.3 Å². The number of carboxylic acid groups (broad SMARTS) is 1. The van der Waals surface area contributed by atoms with Gasteiger partial charge in [0.15, 0.2) is 0 Å². The third-order valence-corrected chi connectivity index (χ3v) is 2.25. The highest BCUT2D eigenvalue weighted by atomic mass is 32.1. The van der Waals surface area contributed by atoms with Gasteiger partial charge in [-0.15, -0.1) is 11.3 Å². The Hall–Kier alpha value is -0.980. The van der Waals surface area contributed by atoms with E-state index in [4.69, 9.17) is 9.84 Å². The molecule has 1 unspecified atom stereocenters. The van der Waals surface area contributed by atoms with Crippen LogP contribution in [0.4, 0.5) is 0 Å². The van der Waals surface area contributed by atoms with Crippen molar-refractivity contribution in [3.8, 4) is 0 Å². The van der Waals surface area contributed by atoms with E-state index in [9.17, 15) is 4.79 Å². The number of ether oxygens (including phenoxy) is 1. The summed E-state index contributed by atoms with van der Waals surface area (Å²) in [7, 11) is 0. The number of nitrogens with one attached hydrogen (secondary N) is 1. The third-order valence-electron chi connectivity index (χ3n) is 1.73. The SMILES string of the molecule is C[C@@H]1OCNC1C(=O)O.c1cscn1. The summed E-state index contributed by atoms with van der Waals surface area (Å²) in [6.07, 6.45) is 1.56. The lowest BCUT2D eigenvalue weighted by molar-refractivity contribution is -0.140. The van der Waals surface area contributed by atoms with Gasteiger partial charge in [-0.25, -0.2) is 0 Å². The van der Waals surface area contributed by atoms with Crippen LogP contribution in [0.2, 0.25) is 0 Å².